The number of carbonyl (C=O) groups excluding carboxylic acids is 2. The first kappa shape index (κ1) is 47.7. The quantitative estimate of drug-likeness (QED) is 0.0254. The molecule has 0 aliphatic heterocycles. The van der Waals surface area contributed by atoms with Crippen molar-refractivity contribution in [2.24, 2.45) is 0 Å². The molecule has 0 heterocycles. The minimum atomic E-state index is -4.64. The summed E-state index contributed by atoms with van der Waals surface area (Å²) in [7, 11) is -4.64. The molecule has 0 aromatic carbocycles. The summed E-state index contributed by atoms with van der Waals surface area (Å²) in [5.41, 5.74) is 0. The van der Waals surface area contributed by atoms with E-state index in [0.29, 0.717) is 12.8 Å². The Labute approximate surface area is 302 Å². The molecule has 0 saturated carbocycles. The van der Waals surface area contributed by atoms with Crippen LogP contribution in [0, 0.1) is 0 Å². The molecule has 0 radical (unpaired) electrons. The normalized spacial score (nSPS) is 14.7. The van der Waals surface area contributed by atoms with E-state index in [2.05, 4.69) is 74.6 Å². The summed E-state index contributed by atoms with van der Waals surface area (Å²) in [5, 5.41) is 19.1. The van der Waals surface area contributed by atoms with Crippen molar-refractivity contribution in [2.75, 3.05) is 26.4 Å². The first-order chi connectivity index (χ1) is 24.3. The average Bonchev–Trinajstić information content (AvgIpc) is 3.10. The number of ether oxygens (including phenoxy) is 2. The van der Waals surface area contributed by atoms with Crippen LogP contribution in [0.4, 0.5) is 0 Å². The van der Waals surface area contributed by atoms with Gasteiger partial charge in [-0.05, 0) is 77.0 Å². The molecular formula is C39H67O10P. The van der Waals surface area contributed by atoms with Crippen molar-refractivity contribution in [1.82, 2.24) is 0 Å². The van der Waals surface area contributed by atoms with Crippen LogP contribution in [0.2, 0.25) is 0 Å². The number of allylic oxidation sites excluding steroid dienone is 10. The molecule has 11 heteroatoms. The largest absolute Gasteiger partial charge is 0.472 e. The Bertz CT molecular complexity index is 1020. The van der Waals surface area contributed by atoms with Crippen molar-refractivity contribution in [3.8, 4) is 0 Å². The number of hydrogen-bond acceptors (Lipinski definition) is 9. The van der Waals surface area contributed by atoms with Gasteiger partial charge in [-0.3, -0.25) is 18.6 Å². The topological polar surface area (TPSA) is 149 Å². The van der Waals surface area contributed by atoms with Gasteiger partial charge in [0.25, 0.3) is 0 Å². The van der Waals surface area contributed by atoms with Crippen molar-refractivity contribution in [2.45, 2.75) is 148 Å². The monoisotopic (exact) mass is 726 g/mol. The lowest BCUT2D eigenvalue weighted by atomic mass is 10.1. The number of phosphoric acid groups is 1. The van der Waals surface area contributed by atoms with Gasteiger partial charge in [-0.1, -0.05) is 107 Å². The van der Waals surface area contributed by atoms with Crippen molar-refractivity contribution >= 4 is 19.8 Å². The van der Waals surface area contributed by atoms with Gasteiger partial charge in [0.05, 0.1) is 26.4 Å². The Balaban J connectivity index is 4.08. The van der Waals surface area contributed by atoms with Crippen molar-refractivity contribution in [3.05, 3.63) is 60.8 Å². The molecule has 0 saturated heterocycles. The van der Waals surface area contributed by atoms with Gasteiger partial charge in [0.15, 0.2) is 0 Å². The first-order valence-electron chi connectivity index (χ1n) is 18.7. The lowest BCUT2D eigenvalue weighted by Gasteiger charge is -2.20. The van der Waals surface area contributed by atoms with Crippen LogP contribution in [0.1, 0.15) is 136 Å². The maximum absolute atomic E-state index is 12.3. The van der Waals surface area contributed by atoms with Gasteiger partial charge in [0.2, 0.25) is 0 Å². The van der Waals surface area contributed by atoms with Crippen LogP contribution in [0.25, 0.3) is 0 Å². The number of hydrogen-bond donors (Lipinski definition) is 3. The Morgan fingerprint density at radius 3 is 1.42 bits per heavy atom. The maximum atomic E-state index is 12.3. The molecule has 3 unspecified atom stereocenters. The third-order valence-electron chi connectivity index (χ3n) is 7.46. The molecule has 0 aromatic rings. The summed E-state index contributed by atoms with van der Waals surface area (Å²) >= 11 is 0. The molecule has 0 aromatic heterocycles. The van der Waals surface area contributed by atoms with Gasteiger partial charge in [-0.2, -0.15) is 0 Å². The van der Waals surface area contributed by atoms with Gasteiger partial charge in [0.1, 0.15) is 12.2 Å². The fraction of sp³-hybridized carbons (Fsp3) is 0.692. The van der Waals surface area contributed by atoms with Crippen LogP contribution in [-0.2, 0) is 32.7 Å². The minimum Gasteiger partial charge on any atom is -0.457 e. The lowest BCUT2D eigenvalue weighted by molar-refractivity contribution is -0.153. The Morgan fingerprint density at radius 1 is 0.560 bits per heavy atom. The molecule has 0 rings (SSSR count). The molecule has 3 N–H and O–H groups in total. The highest BCUT2D eigenvalue weighted by Crippen LogP contribution is 2.43. The number of carbonyl (C=O) groups is 2. The van der Waals surface area contributed by atoms with Crippen LogP contribution in [-0.4, -0.2) is 65.7 Å². The van der Waals surface area contributed by atoms with E-state index in [1.807, 2.05) is 0 Å². The van der Waals surface area contributed by atoms with E-state index in [1.165, 1.54) is 19.3 Å². The predicted octanol–water partition coefficient (Wildman–Crippen LogP) is 9.16. The van der Waals surface area contributed by atoms with E-state index in [9.17, 15) is 29.3 Å². The molecule has 0 aliphatic rings. The van der Waals surface area contributed by atoms with Crippen LogP contribution < -0.4 is 0 Å². The highest BCUT2D eigenvalue weighted by atomic mass is 31.2. The van der Waals surface area contributed by atoms with Gasteiger partial charge in [0, 0.05) is 12.8 Å². The SMILES string of the molecule is CC/C=C\C/C=C\C/C=C\C/C=C\CCCCC(=O)OC(CO)COP(=O)(O)OCC(CO)OC(=O)CCCCCCC/C=C\CCCCC. The van der Waals surface area contributed by atoms with Crippen molar-refractivity contribution < 1.29 is 47.8 Å². The summed E-state index contributed by atoms with van der Waals surface area (Å²) < 4.78 is 32.4. The Morgan fingerprint density at radius 2 is 0.940 bits per heavy atom. The van der Waals surface area contributed by atoms with E-state index in [0.717, 1.165) is 77.0 Å². The highest BCUT2D eigenvalue weighted by molar-refractivity contribution is 7.47. The van der Waals surface area contributed by atoms with E-state index < -0.39 is 58.4 Å². The second kappa shape index (κ2) is 35.1. The third-order valence-corrected chi connectivity index (χ3v) is 8.41. The number of esters is 2. The van der Waals surface area contributed by atoms with Gasteiger partial charge in [-0.15, -0.1) is 0 Å². The highest BCUT2D eigenvalue weighted by Gasteiger charge is 2.27. The molecule has 288 valence electrons. The number of unbranched alkanes of at least 4 members (excludes halogenated alkanes) is 10. The standard InChI is InChI=1S/C39H67O10P/c1-3-5-7-9-11-13-15-17-18-19-21-23-25-27-29-31-39(43)49-37(33-41)35-47-50(44,45)46-34-36(32-40)48-38(42)30-28-26-24-22-20-16-14-12-10-8-6-4-2/h5,7,11-14,17-18,21,23,36-37,40-41H,3-4,6,8-10,15-16,19-20,22,24-35H2,1-2H3,(H,44,45)/b7-5-,13-11-,14-12-,18-17-,23-21-. The summed E-state index contributed by atoms with van der Waals surface area (Å²) in [6, 6.07) is 0. The minimum absolute atomic E-state index is 0.137. The molecule has 10 nitrogen and oxygen atoms in total. The summed E-state index contributed by atoms with van der Waals surface area (Å²) in [6.07, 6.45) is 36.3. The van der Waals surface area contributed by atoms with Gasteiger partial charge in [-0.25, -0.2) is 4.57 Å². The molecule has 0 spiro atoms. The average molecular weight is 727 g/mol. The van der Waals surface area contributed by atoms with E-state index >= 15 is 0 Å². The zero-order chi connectivity index (χ0) is 37.0. The maximum Gasteiger partial charge on any atom is 0.472 e. The Kier molecular flexibility index (Phi) is 33.5. The zero-order valence-electron chi connectivity index (χ0n) is 30.8. The number of rotatable bonds is 34. The van der Waals surface area contributed by atoms with Crippen LogP contribution in [0.5, 0.6) is 0 Å². The second-order valence-electron chi connectivity index (χ2n) is 12.2. The summed E-state index contributed by atoms with van der Waals surface area (Å²) in [5.74, 6) is -1.08. The lowest BCUT2D eigenvalue weighted by Crippen LogP contribution is -2.28. The van der Waals surface area contributed by atoms with Crippen molar-refractivity contribution in [1.29, 1.82) is 0 Å². The molecule has 50 heavy (non-hydrogen) atoms. The van der Waals surface area contributed by atoms with Crippen LogP contribution in [0.3, 0.4) is 0 Å². The van der Waals surface area contributed by atoms with E-state index in [4.69, 9.17) is 18.5 Å². The van der Waals surface area contributed by atoms with Crippen LogP contribution >= 0.6 is 7.82 Å². The number of aliphatic hydroxyl groups is 2. The summed E-state index contributed by atoms with van der Waals surface area (Å²) in [4.78, 5) is 34.3. The van der Waals surface area contributed by atoms with E-state index in [1.54, 1.807) is 0 Å². The molecular weight excluding hydrogens is 659 g/mol. The van der Waals surface area contributed by atoms with Gasteiger partial charge < -0.3 is 24.6 Å². The van der Waals surface area contributed by atoms with Crippen LogP contribution in [0.15, 0.2) is 60.8 Å². The number of phosphoric ester groups is 1. The predicted molar refractivity (Wildman–Crippen MR) is 200 cm³/mol. The van der Waals surface area contributed by atoms with Gasteiger partial charge >= 0.3 is 19.8 Å². The van der Waals surface area contributed by atoms with Crippen molar-refractivity contribution in [3.63, 3.8) is 0 Å². The molecule has 3 atom stereocenters. The molecule has 0 bridgehead atoms. The fourth-order valence-corrected chi connectivity index (χ4v) is 5.35. The molecule has 0 amide bonds. The summed E-state index contributed by atoms with van der Waals surface area (Å²) in [6.45, 7) is 1.97. The fourth-order valence-electron chi connectivity index (χ4n) is 4.57. The molecule has 0 aliphatic carbocycles. The van der Waals surface area contributed by atoms with E-state index in [-0.39, 0.29) is 12.8 Å². The first-order valence-corrected chi connectivity index (χ1v) is 20.2. The zero-order valence-corrected chi connectivity index (χ0v) is 31.7. The smallest absolute Gasteiger partial charge is 0.457 e. The third kappa shape index (κ3) is 32.9. The Hall–Kier alpha value is -2.33. The number of aliphatic hydroxyl groups excluding tert-OH is 2. The second-order valence-corrected chi connectivity index (χ2v) is 13.6. The molecule has 0 fully saturated rings.